The van der Waals surface area contributed by atoms with Crippen molar-refractivity contribution >= 4 is 0 Å². The van der Waals surface area contributed by atoms with Crippen LogP contribution in [0.5, 0.6) is 0 Å². The van der Waals surface area contributed by atoms with Crippen LogP contribution < -0.4 is 5.32 Å². The first-order valence-electron chi connectivity index (χ1n) is 6.31. The molecule has 0 aromatic heterocycles. The van der Waals surface area contributed by atoms with Crippen LogP contribution in [-0.2, 0) is 4.74 Å². The quantitative estimate of drug-likeness (QED) is 0.793. The molecule has 0 spiro atoms. The van der Waals surface area contributed by atoms with E-state index < -0.39 is 0 Å². The predicted molar refractivity (Wildman–Crippen MR) is 68.8 cm³/mol. The van der Waals surface area contributed by atoms with Gasteiger partial charge in [0, 0.05) is 31.8 Å². The average molecular weight is 228 g/mol. The zero-order chi connectivity index (χ0) is 12.2. The van der Waals surface area contributed by atoms with Gasteiger partial charge in [-0.05, 0) is 53.1 Å². The molecular weight excluding hydrogens is 200 g/mol. The van der Waals surface area contributed by atoms with E-state index in [2.05, 4.69) is 45.1 Å². The highest BCUT2D eigenvalue weighted by molar-refractivity contribution is 4.88. The number of hydrogen-bond acceptors (Lipinski definition) is 3. The Morgan fingerprint density at radius 3 is 2.19 bits per heavy atom. The standard InChI is InChI=1S/C13H28N2O/c1-12(2,3)14-10-13(11-15(4)5)6-8-16-9-7-13/h14H,6-11H2,1-5H3. The van der Waals surface area contributed by atoms with E-state index in [-0.39, 0.29) is 5.54 Å². The Labute approximate surface area is 101 Å². The SMILES string of the molecule is CN(C)CC1(CNC(C)(C)C)CCOCC1. The van der Waals surface area contributed by atoms with Gasteiger partial charge >= 0.3 is 0 Å². The molecule has 0 atom stereocenters. The summed E-state index contributed by atoms with van der Waals surface area (Å²) in [6.45, 7) is 10.8. The fourth-order valence-electron chi connectivity index (χ4n) is 2.32. The lowest BCUT2D eigenvalue weighted by atomic mass is 9.79. The van der Waals surface area contributed by atoms with Gasteiger partial charge in [0.05, 0.1) is 0 Å². The number of nitrogens with zero attached hydrogens (tertiary/aromatic N) is 1. The van der Waals surface area contributed by atoms with Crippen LogP contribution in [0.25, 0.3) is 0 Å². The van der Waals surface area contributed by atoms with Crippen molar-refractivity contribution in [1.29, 1.82) is 0 Å². The molecule has 1 saturated heterocycles. The summed E-state index contributed by atoms with van der Waals surface area (Å²) in [6.07, 6.45) is 2.35. The van der Waals surface area contributed by atoms with Gasteiger partial charge in [0.25, 0.3) is 0 Å². The molecule has 0 unspecified atom stereocenters. The average Bonchev–Trinajstić information content (AvgIpc) is 2.14. The molecule has 0 aromatic rings. The van der Waals surface area contributed by atoms with Crippen molar-refractivity contribution in [2.45, 2.75) is 39.2 Å². The van der Waals surface area contributed by atoms with Gasteiger partial charge < -0.3 is 15.0 Å². The van der Waals surface area contributed by atoms with Crippen LogP contribution in [0.3, 0.4) is 0 Å². The molecule has 96 valence electrons. The first kappa shape index (κ1) is 13.9. The van der Waals surface area contributed by atoms with E-state index in [0.717, 1.165) is 26.3 Å². The van der Waals surface area contributed by atoms with Crippen molar-refractivity contribution in [3.05, 3.63) is 0 Å². The first-order valence-corrected chi connectivity index (χ1v) is 6.31. The van der Waals surface area contributed by atoms with Crippen molar-refractivity contribution in [3.8, 4) is 0 Å². The largest absolute Gasteiger partial charge is 0.381 e. The first-order chi connectivity index (χ1) is 7.33. The second-order valence-corrected chi connectivity index (χ2v) is 6.45. The Morgan fingerprint density at radius 2 is 1.75 bits per heavy atom. The molecule has 0 radical (unpaired) electrons. The van der Waals surface area contributed by atoms with E-state index in [1.807, 2.05) is 0 Å². The van der Waals surface area contributed by atoms with Gasteiger partial charge in [0.15, 0.2) is 0 Å². The van der Waals surface area contributed by atoms with Crippen LogP contribution in [0.2, 0.25) is 0 Å². The Kier molecular flexibility index (Phi) is 4.77. The van der Waals surface area contributed by atoms with Gasteiger partial charge in [-0.3, -0.25) is 0 Å². The molecule has 1 aliphatic heterocycles. The van der Waals surface area contributed by atoms with Gasteiger partial charge in [-0.1, -0.05) is 0 Å². The molecule has 1 rings (SSSR count). The van der Waals surface area contributed by atoms with Gasteiger partial charge in [0.2, 0.25) is 0 Å². The highest BCUT2D eigenvalue weighted by Gasteiger charge is 2.33. The zero-order valence-corrected chi connectivity index (χ0v) is 11.6. The number of rotatable bonds is 4. The Morgan fingerprint density at radius 1 is 1.19 bits per heavy atom. The Bertz CT molecular complexity index is 202. The molecule has 1 heterocycles. The van der Waals surface area contributed by atoms with E-state index in [1.165, 1.54) is 12.8 Å². The van der Waals surface area contributed by atoms with Crippen LogP contribution in [0.4, 0.5) is 0 Å². The summed E-state index contributed by atoms with van der Waals surface area (Å²) in [5.74, 6) is 0. The minimum atomic E-state index is 0.206. The van der Waals surface area contributed by atoms with Crippen LogP contribution in [0, 0.1) is 5.41 Å². The summed E-state index contributed by atoms with van der Waals surface area (Å²) in [4.78, 5) is 2.30. The van der Waals surface area contributed by atoms with Crippen molar-refractivity contribution in [2.24, 2.45) is 5.41 Å². The lowest BCUT2D eigenvalue weighted by Gasteiger charge is -2.41. The molecule has 1 N–H and O–H groups in total. The van der Waals surface area contributed by atoms with E-state index in [4.69, 9.17) is 4.74 Å². The maximum absolute atomic E-state index is 5.49. The van der Waals surface area contributed by atoms with Gasteiger partial charge in [-0.2, -0.15) is 0 Å². The summed E-state index contributed by atoms with van der Waals surface area (Å²) in [6, 6.07) is 0. The van der Waals surface area contributed by atoms with Crippen LogP contribution in [0.15, 0.2) is 0 Å². The molecule has 16 heavy (non-hydrogen) atoms. The summed E-state index contributed by atoms with van der Waals surface area (Å²) >= 11 is 0. The maximum atomic E-state index is 5.49. The second-order valence-electron chi connectivity index (χ2n) is 6.45. The normalized spacial score (nSPS) is 21.4. The molecule has 3 heteroatoms. The fraction of sp³-hybridized carbons (Fsp3) is 1.00. The minimum absolute atomic E-state index is 0.206. The highest BCUT2D eigenvalue weighted by Crippen LogP contribution is 2.30. The summed E-state index contributed by atoms with van der Waals surface area (Å²) < 4.78 is 5.49. The molecule has 1 fully saturated rings. The van der Waals surface area contributed by atoms with E-state index >= 15 is 0 Å². The lowest BCUT2D eigenvalue weighted by Crippen LogP contribution is -2.50. The van der Waals surface area contributed by atoms with E-state index in [0.29, 0.717) is 5.41 Å². The minimum Gasteiger partial charge on any atom is -0.381 e. The van der Waals surface area contributed by atoms with Crippen molar-refractivity contribution in [3.63, 3.8) is 0 Å². The molecule has 3 nitrogen and oxygen atoms in total. The maximum Gasteiger partial charge on any atom is 0.0472 e. The van der Waals surface area contributed by atoms with E-state index in [1.54, 1.807) is 0 Å². The van der Waals surface area contributed by atoms with Gasteiger partial charge in [0.1, 0.15) is 0 Å². The monoisotopic (exact) mass is 228 g/mol. The van der Waals surface area contributed by atoms with E-state index in [9.17, 15) is 0 Å². The Balaban J connectivity index is 2.55. The summed E-state index contributed by atoms with van der Waals surface area (Å²) in [7, 11) is 4.32. The molecule has 0 aliphatic carbocycles. The molecule has 0 bridgehead atoms. The summed E-state index contributed by atoms with van der Waals surface area (Å²) in [5.41, 5.74) is 0.604. The molecule has 0 amide bonds. The number of ether oxygens (including phenoxy) is 1. The highest BCUT2D eigenvalue weighted by atomic mass is 16.5. The number of hydrogen-bond donors (Lipinski definition) is 1. The third-order valence-electron chi connectivity index (χ3n) is 3.20. The third-order valence-corrected chi connectivity index (χ3v) is 3.20. The molecule has 1 aliphatic rings. The zero-order valence-electron chi connectivity index (χ0n) is 11.6. The van der Waals surface area contributed by atoms with Crippen molar-refractivity contribution < 1.29 is 4.74 Å². The Hall–Kier alpha value is -0.120. The third kappa shape index (κ3) is 4.81. The topological polar surface area (TPSA) is 24.5 Å². The van der Waals surface area contributed by atoms with Crippen LogP contribution >= 0.6 is 0 Å². The molecule has 0 aromatic carbocycles. The summed E-state index contributed by atoms with van der Waals surface area (Å²) in [5, 5.41) is 3.66. The van der Waals surface area contributed by atoms with Crippen LogP contribution in [0.1, 0.15) is 33.6 Å². The second kappa shape index (κ2) is 5.48. The lowest BCUT2D eigenvalue weighted by molar-refractivity contribution is -0.000159. The molecule has 0 saturated carbocycles. The number of nitrogens with one attached hydrogen (secondary N) is 1. The van der Waals surface area contributed by atoms with Crippen molar-refractivity contribution in [2.75, 3.05) is 40.4 Å². The fourth-order valence-corrected chi connectivity index (χ4v) is 2.32. The smallest absolute Gasteiger partial charge is 0.0472 e. The predicted octanol–water partition coefficient (Wildman–Crippen LogP) is 1.73. The molecular formula is C13H28N2O. The van der Waals surface area contributed by atoms with Gasteiger partial charge in [-0.15, -0.1) is 0 Å². The van der Waals surface area contributed by atoms with Crippen LogP contribution in [-0.4, -0.2) is 50.8 Å². The van der Waals surface area contributed by atoms with Gasteiger partial charge in [-0.25, -0.2) is 0 Å². The van der Waals surface area contributed by atoms with Crippen molar-refractivity contribution in [1.82, 2.24) is 10.2 Å².